The van der Waals surface area contributed by atoms with Gasteiger partial charge >= 0.3 is 5.97 Å². The Labute approximate surface area is 316 Å². The number of aryl methyl sites for hydroxylation is 3. The molecule has 2 bridgehead atoms. The van der Waals surface area contributed by atoms with E-state index in [-0.39, 0.29) is 52.4 Å². The lowest BCUT2D eigenvalue weighted by Gasteiger charge is -2.47. The van der Waals surface area contributed by atoms with Crippen molar-refractivity contribution in [3.8, 4) is 5.88 Å². The van der Waals surface area contributed by atoms with Crippen LogP contribution in [0.15, 0.2) is 47.0 Å². The molecule has 5 aliphatic rings. The number of hydrogen-bond donors (Lipinski definition) is 1. The fourth-order valence-electron chi connectivity index (χ4n) is 9.83. The van der Waals surface area contributed by atoms with Crippen molar-refractivity contribution in [1.29, 1.82) is 0 Å². The van der Waals surface area contributed by atoms with Crippen LogP contribution >= 0.6 is 11.6 Å². The van der Waals surface area contributed by atoms with E-state index in [0.717, 1.165) is 74.3 Å². The van der Waals surface area contributed by atoms with Gasteiger partial charge in [-0.05, 0) is 111 Å². The second-order valence-corrected chi connectivity index (χ2v) is 18.6. The highest BCUT2D eigenvalue weighted by Gasteiger charge is 2.48. The maximum absolute atomic E-state index is 14.7. The van der Waals surface area contributed by atoms with Gasteiger partial charge in [-0.15, -0.1) is 9.46 Å². The van der Waals surface area contributed by atoms with Crippen LogP contribution in [0.2, 0.25) is 5.02 Å². The van der Waals surface area contributed by atoms with Crippen LogP contribution in [-0.2, 0) is 44.8 Å². The normalized spacial score (nSPS) is 31.2. The Morgan fingerprint density at radius 3 is 2.68 bits per heavy atom. The summed E-state index contributed by atoms with van der Waals surface area (Å²) in [6.45, 7) is 3.53. The average Bonchev–Trinajstić information content (AvgIpc) is 3.63. The van der Waals surface area contributed by atoms with Gasteiger partial charge in [0.2, 0.25) is 5.88 Å². The van der Waals surface area contributed by atoms with E-state index in [2.05, 4.69) is 31.2 Å². The highest BCUT2D eigenvalue weighted by atomic mass is 35.5. The number of halogens is 1. The van der Waals surface area contributed by atoms with Crippen molar-refractivity contribution in [2.45, 2.75) is 82.7 Å². The topological polar surface area (TPSA) is 132 Å². The summed E-state index contributed by atoms with van der Waals surface area (Å²) >= 11 is 6.49. The third-order valence-electron chi connectivity index (χ3n) is 12.5. The Morgan fingerprint density at radius 2 is 1.89 bits per heavy atom. The zero-order chi connectivity index (χ0) is 37.1. The summed E-state index contributed by atoms with van der Waals surface area (Å²) in [5.41, 5.74) is 5.17. The Kier molecular flexibility index (Phi) is 9.58. The van der Waals surface area contributed by atoms with Crippen LogP contribution in [0.3, 0.4) is 0 Å². The van der Waals surface area contributed by atoms with Crippen LogP contribution in [0.25, 0.3) is 0 Å². The molecule has 11 nitrogen and oxygen atoms in total. The number of benzene rings is 2. The molecule has 0 radical (unpaired) electrons. The third kappa shape index (κ3) is 6.97. The van der Waals surface area contributed by atoms with Crippen LogP contribution in [0.5, 0.6) is 5.88 Å². The van der Waals surface area contributed by atoms with Crippen LogP contribution < -0.4 is 14.4 Å². The molecule has 13 heteroatoms. The largest absolute Gasteiger partial charge is 0.479 e. The van der Waals surface area contributed by atoms with Gasteiger partial charge in [0, 0.05) is 59.9 Å². The fourth-order valence-corrected chi connectivity index (χ4v) is 11.9. The van der Waals surface area contributed by atoms with E-state index in [4.69, 9.17) is 21.1 Å². The smallest absolute Gasteiger partial charge is 0.306 e. The van der Waals surface area contributed by atoms with Crippen LogP contribution in [0, 0.1) is 23.7 Å². The van der Waals surface area contributed by atoms with Crippen molar-refractivity contribution >= 4 is 45.0 Å². The molecule has 3 aliphatic heterocycles. The number of nitrogens with one attached hydrogen (secondary N) is 1. The summed E-state index contributed by atoms with van der Waals surface area (Å²) in [5.74, 6) is -0.945. The molecule has 1 saturated carbocycles. The van der Waals surface area contributed by atoms with E-state index in [1.807, 2.05) is 25.1 Å². The van der Waals surface area contributed by atoms with Crippen LogP contribution in [-0.4, -0.2) is 63.8 Å². The first-order valence-corrected chi connectivity index (χ1v) is 21.0. The molecule has 1 aromatic heterocycles. The Bertz CT molecular complexity index is 2090. The predicted molar refractivity (Wildman–Crippen MR) is 203 cm³/mol. The zero-order valence-electron chi connectivity index (χ0n) is 30.6. The van der Waals surface area contributed by atoms with E-state index in [1.54, 1.807) is 13.1 Å². The number of anilines is 1. The first-order valence-electron chi connectivity index (χ1n) is 19.0. The predicted octanol–water partition coefficient (Wildman–Crippen LogP) is 6.45. The lowest BCUT2D eigenvalue weighted by atomic mass is 9.66. The molecule has 7 atom stereocenters. The molecule has 2 amide bonds. The summed E-state index contributed by atoms with van der Waals surface area (Å²) in [6, 6.07) is 12.1. The molecule has 2 fully saturated rings. The van der Waals surface area contributed by atoms with Crippen molar-refractivity contribution in [2.24, 2.45) is 35.1 Å². The summed E-state index contributed by atoms with van der Waals surface area (Å²) < 4.78 is 34.5. The van der Waals surface area contributed by atoms with Gasteiger partial charge in [0.05, 0.1) is 19.3 Å². The molecule has 1 spiro atoms. The maximum atomic E-state index is 14.7. The van der Waals surface area contributed by atoms with Crippen LogP contribution in [0.4, 0.5) is 5.69 Å². The second-order valence-electron chi connectivity index (χ2n) is 16.1. The first kappa shape index (κ1) is 36.1. The van der Waals surface area contributed by atoms with Gasteiger partial charge in [0.1, 0.15) is 21.6 Å². The van der Waals surface area contributed by atoms with Gasteiger partial charge < -0.3 is 14.4 Å². The van der Waals surface area contributed by atoms with Crippen molar-refractivity contribution in [2.75, 3.05) is 30.9 Å². The van der Waals surface area contributed by atoms with Crippen molar-refractivity contribution in [1.82, 2.24) is 14.5 Å². The number of esters is 1. The summed E-state index contributed by atoms with van der Waals surface area (Å²) in [7, 11) is -0.546. The minimum Gasteiger partial charge on any atom is -0.479 e. The number of ether oxygens (including phenoxy) is 2. The molecule has 1 N–H and O–H groups in total. The van der Waals surface area contributed by atoms with E-state index in [0.29, 0.717) is 30.7 Å². The van der Waals surface area contributed by atoms with Crippen molar-refractivity contribution < 1.29 is 28.1 Å². The van der Waals surface area contributed by atoms with E-state index < -0.39 is 21.7 Å². The van der Waals surface area contributed by atoms with E-state index >= 15 is 0 Å². The van der Waals surface area contributed by atoms with E-state index in [9.17, 15) is 18.6 Å². The van der Waals surface area contributed by atoms with Gasteiger partial charge in [0.15, 0.2) is 0 Å². The Hall–Kier alpha value is -3.90. The minimum absolute atomic E-state index is 0.0334. The molecular formula is C40H48ClN5O6S. The number of hydrogen-bond acceptors (Lipinski definition) is 8. The SMILES string of the molecule is COc1nn(C)cc1C(=O)NS1(=O)=NC(=O)c2ccc3c(c2)N(C[C@@H]2CC[C@H]2[C@H]2OC(=O)C[C@@H]2CC[C@H](C)C1)C[C@@]1(CCCc2cc(Cl)ccc21)CC3. The molecule has 282 valence electrons. The van der Waals surface area contributed by atoms with Crippen molar-refractivity contribution in [3.63, 3.8) is 0 Å². The number of carbonyl (C=O) groups excluding carboxylic acids is 3. The third-order valence-corrected chi connectivity index (χ3v) is 14.8. The summed E-state index contributed by atoms with van der Waals surface area (Å²) in [6.07, 6.45) is 10.1. The standard InChI is InChI=1S/C40H48ClN5O6S/c1-24-6-7-27-19-35(47)52-36(27)31-12-10-29(31)20-46-23-40(15-4-5-26-17-30(41)11-13-33(26)40)16-14-25-8-9-28(18-34(25)46)37(48)43-53(50,22-24)44-38(49)32-21-45(2)42-39(32)51-3/h8-9,11,13,17-18,21,24,27,29,31,36H,4-7,10,12,14-16,19-20,22-23H2,1-3H3,(H,43,44,48,49,50)/t24-,27-,29-,31+,36-,40+,53?/m0/s1. The molecule has 4 heterocycles. The fraction of sp³-hybridized carbons (Fsp3) is 0.550. The summed E-state index contributed by atoms with van der Waals surface area (Å²) in [5, 5.41) is 4.92. The molecule has 53 heavy (non-hydrogen) atoms. The van der Waals surface area contributed by atoms with Gasteiger partial charge in [-0.3, -0.25) is 23.8 Å². The molecule has 2 aliphatic carbocycles. The van der Waals surface area contributed by atoms with Gasteiger partial charge in [-0.2, -0.15) is 0 Å². The van der Waals surface area contributed by atoms with E-state index in [1.165, 1.54) is 29.1 Å². The summed E-state index contributed by atoms with van der Waals surface area (Å²) in [4.78, 5) is 43.0. The van der Waals surface area contributed by atoms with Crippen LogP contribution in [0.1, 0.15) is 95.7 Å². The number of methoxy groups -OCH3 is 1. The lowest BCUT2D eigenvalue weighted by Crippen LogP contribution is -2.49. The molecular weight excluding hydrogens is 714 g/mol. The number of aromatic nitrogens is 2. The number of rotatable bonds is 3. The van der Waals surface area contributed by atoms with Gasteiger partial charge in [-0.1, -0.05) is 30.7 Å². The van der Waals surface area contributed by atoms with Crippen molar-refractivity contribution in [3.05, 3.63) is 75.4 Å². The molecule has 1 unspecified atom stereocenters. The second kappa shape index (κ2) is 14.1. The number of amides is 2. The molecule has 1 saturated heterocycles. The first-order chi connectivity index (χ1) is 25.4. The molecule has 3 aromatic rings. The Morgan fingerprint density at radius 1 is 1.06 bits per heavy atom. The average molecular weight is 762 g/mol. The Balaban J connectivity index is 1.21. The highest BCUT2D eigenvalue weighted by molar-refractivity contribution is 7.92. The number of fused-ring (bicyclic) bond motifs is 6. The quantitative estimate of drug-likeness (QED) is 0.302. The number of carbonyl (C=O) groups is 3. The lowest BCUT2D eigenvalue weighted by molar-refractivity contribution is -0.146. The monoisotopic (exact) mass is 761 g/mol. The molecule has 8 rings (SSSR count). The maximum Gasteiger partial charge on any atom is 0.306 e. The highest BCUT2D eigenvalue weighted by Crippen LogP contribution is 2.49. The van der Waals surface area contributed by atoms with Gasteiger partial charge in [-0.25, -0.2) is 4.21 Å². The van der Waals surface area contributed by atoms with Gasteiger partial charge in [0.25, 0.3) is 11.8 Å². The minimum atomic E-state index is -3.61. The molecule has 2 aromatic carbocycles. The number of nitrogens with zero attached hydrogens (tertiary/aromatic N) is 4. The zero-order valence-corrected chi connectivity index (χ0v) is 32.2.